The molecule has 1 aliphatic heterocycles. The third-order valence-electron chi connectivity index (χ3n) is 1.97. The van der Waals surface area contributed by atoms with Gasteiger partial charge in [-0.25, -0.2) is 0 Å². The lowest BCUT2D eigenvalue weighted by atomic mass is 9.98. The molecule has 1 atom stereocenters. The van der Waals surface area contributed by atoms with Gasteiger partial charge in [-0.2, -0.15) is 0 Å². The largest absolute Gasteiger partial charge is 0.436 e. The Bertz CT molecular complexity index is 175. The molecule has 0 N–H and O–H groups in total. The first-order chi connectivity index (χ1) is 5.49. The van der Waals surface area contributed by atoms with Crippen LogP contribution in [0.4, 0.5) is 0 Å². The first-order valence-electron chi connectivity index (χ1n) is 4.35. The van der Waals surface area contributed by atoms with E-state index in [4.69, 9.17) is 9.47 Å². The molecule has 1 fully saturated rings. The highest BCUT2D eigenvalue weighted by molar-refractivity contribution is 5.66. The Kier molecular flexibility index (Phi) is 2.73. The van der Waals surface area contributed by atoms with Crippen LogP contribution in [-0.2, 0) is 14.3 Å². The van der Waals surface area contributed by atoms with Crippen LogP contribution in [0.1, 0.15) is 40.0 Å². The highest BCUT2D eigenvalue weighted by atomic mass is 16.7. The Morgan fingerprint density at radius 1 is 1.58 bits per heavy atom. The smallest absolute Gasteiger partial charge is 0.304 e. The van der Waals surface area contributed by atoms with Gasteiger partial charge in [-0.1, -0.05) is 0 Å². The zero-order chi connectivity index (χ0) is 9.19. The summed E-state index contributed by atoms with van der Waals surface area (Å²) in [4.78, 5) is 10.6. The molecular formula is C9H16O3. The van der Waals surface area contributed by atoms with Gasteiger partial charge in [0.15, 0.2) is 0 Å². The summed E-state index contributed by atoms with van der Waals surface area (Å²) in [5.74, 6) is -0.266. The molecule has 0 aromatic rings. The lowest BCUT2D eigenvalue weighted by molar-refractivity contribution is -0.221. The van der Waals surface area contributed by atoms with Crippen molar-refractivity contribution in [2.45, 2.75) is 51.9 Å². The SMILES string of the molecule is CC(=O)OC1CCCC(C)(C)O1. The summed E-state index contributed by atoms with van der Waals surface area (Å²) in [5, 5.41) is 0. The molecule has 3 heteroatoms. The minimum atomic E-state index is -0.328. The molecule has 1 rings (SSSR count). The van der Waals surface area contributed by atoms with Gasteiger partial charge in [0, 0.05) is 13.3 Å². The summed E-state index contributed by atoms with van der Waals surface area (Å²) < 4.78 is 10.5. The van der Waals surface area contributed by atoms with Gasteiger partial charge in [-0.15, -0.1) is 0 Å². The van der Waals surface area contributed by atoms with Crippen molar-refractivity contribution >= 4 is 5.97 Å². The lowest BCUT2D eigenvalue weighted by Gasteiger charge is -2.34. The normalized spacial score (nSPS) is 28.1. The fourth-order valence-corrected chi connectivity index (χ4v) is 1.44. The predicted octanol–water partition coefficient (Wildman–Crippen LogP) is 1.85. The number of carbonyl (C=O) groups excluding carboxylic acids is 1. The third-order valence-corrected chi connectivity index (χ3v) is 1.97. The number of hydrogen-bond acceptors (Lipinski definition) is 3. The molecule has 0 aromatic heterocycles. The van der Waals surface area contributed by atoms with Crippen LogP contribution in [0, 0.1) is 0 Å². The van der Waals surface area contributed by atoms with Gasteiger partial charge in [-0.05, 0) is 26.7 Å². The average molecular weight is 172 g/mol. The number of esters is 1. The molecule has 0 radical (unpaired) electrons. The van der Waals surface area contributed by atoms with Crippen LogP contribution < -0.4 is 0 Å². The minimum Gasteiger partial charge on any atom is -0.436 e. The second-order valence-electron chi connectivity index (χ2n) is 3.81. The monoisotopic (exact) mass is 172 g/mol. The van der Waals surface area contributed by atoms with Crippen LogP contribution in [0.2, 0.25) is 0 Å². The molecule has 0 saturated carbocycles. The van der Waals surface area contributed by atoms with Crippen molar-refractivity contribution in [3.8, 4) is 0 Å². The molecule has 0 aliphatic carbocycles. The van der Waals surface area contributed by atoms with Gasteiger partial charge in [0.05, 0.1) is 5.60 Å². The molecule has 3 nitrogen and oxygen atoms in total. The summed E-state index contributed by atoms with van der Waals surface area (Å²) >= 11 is 0. The Morgan fingerprint density at radius 3 is 2.75 bits per heavy atom. The Labute approximate surface area is 73.0 Å². The van der Waals surface area contributed by atoms with Crippen molar-refractivity contribution in [3.63, 3.8) is 0 Å². The number of hydrogen-bond donors (Lipinski definition) is 0. The maximum Gasteiger partial charge on any atom is 0.304 e. The van der Waals surface area contributed by atoms with Crippen molar-refractivity contribution in [1.82, 2.24) is 0 Å². The molecular weight excluding hydrogens is 156 g/mol. The number of rotatable bonds is 1. The third kappa shape index (κ3) is 2.81. The summed E-state index contributed by atoms with van der Waals surface area (Å²) in [6.45, 7) is 5.44. The van der Waals surface area contributed by atoms with Crippen LogP contribution in [-0.4, -0.2) is 17.9 Å². The molecule has 70 valence electrons. The van der Waals surface area contributed by atoms with Crippen LogP contribution >= 0.6 is 0 Å². The van der Waals surface area contributed by atoms with Crippen LogP contribution in [0.25, 0.3) is 0 Å². The molecule has 12 heavy (non-hydrogen) atoms. The van der Waals surface area contributed by atoms with E-state index in [0.29, 0.717) is 0 Å². The van der Waals surface area contributed by atoms with Gasteiger partial charge >= 0.3 is 5.97 Å². The van der Waals surface area contributed by atoms with Gasteiger partial charge < -0.3 is 9.47 Å². The molecule has 0 aromatic carbocycles. The summed E-state index contributed by atoms with van der Waals surface area (Å²) in [6.07, 6.45) is 2.59. The van der Waals surface area contributed by atoms with Gasteiger partial charge in [0.2, 0.25) is 6.29 Å². The fraction of sp³-hybridized carbons (Fsp3) is 0.889. The lowest BCUT2D eigenvalue weighted by Crippen LogP contribution is -2.37. The van der Waals surface area contributed by atoms with E-state index in [1.165, 1.54) is 6.92 Å². The van der Waals surface area contributed by atoms with E-state index in [-0.39, 0.29) is 17.9 Å². The second-order valence-corrected chi connectivity index (χ2v) is 3.81. The molecule has 1 unspecified atom stereocenters. The van der Waals surface area contributed by atoms with Crippen molar-refractivity contribution in [2.75, 3.05) is 0 Å². The average Bonchev–Trinajstić information content (AvgIpc) is 1.82. The maximum absolute atomic E-state index is 10.6. The highest BCUT2D eigenvalue weighted by Crippen LogP contribution is 2.28. The predicted molar refractivity (Wildman–Crippen MR) is 44.6 cm³/mol. The Morgan fingerprint density at radius 2 is 2.25 bits per heavy atom. The van der Waals surface area contributed by atoms with Crippen molar-refractivity contribution in [2.24, 2.45) is 0 Å². The standard InChI is InChI=1S/C9H16O3/c1-7(10)11-8-5-4-6-9(2,3)12-8/h8H,4-6H2,1-3H3. The first kappa shape index (κ1) is 9.52. The van der Waals surface area contributed by atoms with Crippen LogP contribution in [0.5, 0.6) is 0 Å². The Hall–Kier alpha value is -0.570. The van der Waals surface area contributed by atoms with Crippen molar-refractivity contribution in [1.29, 1.82) is 0 Å². The molecule has 1 heterocycles. The van der Waals surface area contributed by atoms with E-state index in [2.05, 4.69) is 0 Å². The van der Waals surface area contributed by atoms with Crippen LogP contribution in [0.3, 0.4) is 0 Å². The zero-order valence-electron chi connectivity index (χ0n) is 7.92. The summed E-state index contributed by atoms with van der Waals surface area (Å²) in [5.41, 5.74) is -0.141. The van der Waals surface area contributed by atoms with Gasteiger partial charge in [-0.3, -0.25) is 4.79 Å². The zero-order valence-corrected chi connectivity index (χ0v) is 7.92. The number of ether oxygens (including phenoxy) is 2. The van der Waals surface area contributed by atoms with Crippen molar-refractivity contribution in [3.05, 3.63) is 0 Å². The van der Waals surface area contributed by atoms with Gasteiger partial charge in [0.1, 0.15) is 0 Å². The molecule has 1 saturated heterocycles. The highest BCUT2D eigenvalue weighted by Gasteiger charge is 2.29. The topological polar surface area (TPSA) is 35.5 Å². The van der Waals surface area contributed by atoms with E-state index in [1.807, 2.05) is 13.8 Å². The van der Waals surface area contributed by atoms with Crippen LogP contribution in [0.15, 0.2) is 0 Å². The fourth-order valence-electron chi connectivity index (χ4n) is 1.44. The number of carbonyl (C=O) groups is 1. The van der Waals surface area contributed by atoms with Gasteiger partial charge in [0.25, 0.3) is 0 Å². The molecule has 1 aliphatic rings. The second kappa shape index (κ2) is 3.44. The van der Waals surface area contributed by atoms with Crippen molar-refractivity contribution < 1.29 is 14.3 Å². The summed E-state index contributed by atoms with van der Waals surface area (Å²) in [7, 11) is 0. The maximum atomic E-state index is 10.6. The van der Waals surface area contributed by atoms with E-state index in [1.54, 1.807) is 0 Å². The Balaban J connectivity index is 2.41. The first-order valence-corrected chi connectivity index (χ1v) is 4.35. The molecule has 0 amide bonds. The summed E-state index contributed by atoms with van der Waals surface area (Å²) in [6, 6.07) is 0. The van der Waals surface area contributed by atoms with E-state index < -0.39 is 0 Å². The molecule has 0 spiro atoms. The minimum absolute atomic E-state index is 0.141. The quantitative estimate of drug-likeness (QED) is 0.566. The van der Waals surface area contributed by atoms with E-state index >= 15 is 0 Å². The van der Waals surface area contributed by atoms with E-state index in [0.717, 1.165) is 19.3 Å². The molecule has 0 bridgehead atoms. The van der Waals surface area contributed by atoms with E-state index in [9.17, 15) is 4.79 Å².